The third-order valence-corrected chi connectivity index (χ3v) is 6.30. The van der Waals surface area contributed by atoms with Gasteiger partial charge < -0.3 is 15.8 Å². The van der Waals surface area contributed by atoms with E-state index >= 15 is 0 Å². The van der Waals surface area contributed by atoms with Crippen molar-refractivity contribution >= 4 is 11.7 Å². The summed E-state index contributed by atoms with van der Waals surface area (Å²) in [6, 6.07) is 6.19. The molecule has 2 aromatic rings. The van der Waals surface area contributed by atoms with Crippen molar-refractivity contribution in [1.82, 2.24) is 15.3 Å². The van der Waals surface area contributed by atoms with Crippen LogP contribution in [0, 0.1) is 5.92 Å². The number of hydrogen-bond donors (Lipinski definition) is 2. The summed E-state index contributed by atoms with van der Waals surface area (Å²) in [5.41, 5.74) is 9.42. The van der Waals surface area contributed by atoms with Crippen molar-refractivity contribution in [3.8, 4) is 5.75 Å². The number of rotatable bonds is 5. The summed E-state index contributed by atoms with van der Waals surface area (Å²) in [6.45, 7) is 2.63. The van der Waals surface area contributed by atoms with Gasteiger partial charge in [-0.3, -0.25) is 4.79 Å². The second-order valence-electron chi connectivity index (χ2n) is 8.29. The molecule has 1 saturated carbocycles. The number of nitrogen functional groups attached to an aromatic ring is 1. The van der Waals surface area contributed by atoms with Crippen LogP contribution in [0.1, 0.15) is 65.6 Å². The Labute approximate surface area is 164 Å². The number of ether oxygens (including phenoxy) is 1. The van der Waals surface area contributed by atoms with Crippen LogP contribution in [0.25, 0.3) is 0 Å². The predicted octanol–water partition coefficient (Wildman–Crippen LogP) is 2.93. The first-order valence-corrected chi connectivity index (χ1v) is 10.3. The van der Waals surface area contributed by atoms with E-state index in [4.69, 9.17) is 15.5 Å². The molecule has 5 rings (SSSR count). The first-order valence-electron chi connectivity index (χ1n) is 10.3. The number of carbonyl (C=O) groups excluding carboxylic acids is 1. The summed E-state index contributed by atoms with van der Waals surface area (Å²) >= 11 is 0. The number of nitrogens with one attached hydrogen (secondary N) is 1. The van der Waals surface area contributed by atoms with Gasteiger partial charge in [-0.25, -0.2) is 9.97 Å². The number of amides is 1. The minimum Gasteiger partial charge on any atom is -0.494 e. The van der Waals surface area contributed by atoms with Crippen LogP contribution < -0.4 is 15.8 Å². The second-order valence-corrected chi connectivity index (χ2v) is 8.29. The van der Waals surface area contributed by atoms with Gasteiger partial charge in [0, 0.05) is 12.8 Å². The molecule has 1 fully saturated rings. The lowest BCUT2D eigenvalue weighted by Crippen LogP contribution is -2.50. The fourth-order valence-electron chi connectivity index (χ4n) is 4.71. The van der Waals surface area contributed by atoms with E-state index in [2.05, 4.69) is 22.4 Å². The Bertz CT molecular complexity index is 954. The Hall–Kier alpha value is -2.63. The lowest BCUT2D eigenvalue weighted by atomic mass is 9.82. The molecule has 1 aromatic heterocycles. The molecular weight excluding hydrogens is 352 g/mol. The maximum Gasteiger partial charge on any atom is 0.257 e. The summed E-state index contributed by atoms with van der Waals surface area (Å²) in [4.78, 5) is 22.1. The van der Waals surface area contributed by atoms with Crippen molar-refractivity contribution in [2.24, 2.45) is 5.92 Å². The van der Waals surface area contributed by atoms with Crippen LogP contribution in [-0.2, 0) is 24.8 Å². The van der Waals surface area contributed by atoms with E-state index in [0.717, 1.165) is 48.9 Å². The lowest BCUT2D eigenvalue weighted by Gasteiger charge is -2.36. The molecule has 0 bridgehead atoms. The van der Waals surface area contributed by atoms with Gasteiger partial charge in [0.05, 0.1) is 17.8 Å². The van der Waals surface area contributed by atoms with Gasteiger partial charge in [0.25, 0.3) is 5.91 Å². The smallest absolute Gasteiger partial charge is 0.257 e. The quantitative estimate of drug-likeness (QED) is 0.835. The molecule has 6 nitrogen and oxygen atoms in total. The highest BCUT2D eigenvalue weighted by molar-refractivity contribution is 6.01. The molecule has 1 atom stereocenters. The Balaban J connectivity index is 1.49. The summed E-state index contributed by atoms with van der Waals surface area (Å²) in [6.07, 6.45) is 7.02. The number of aryl methyl sites for hydroxylation is 2. The van der Waals surface area contributed by atoms with E-state index in [9.17, 15) is 4.79 Å². The molecule has 1 amide bonds. The molecule has 2 heterocycles. The molecule has 0 unspecified atom stereocenters. The Morgan fingerprint density at radius 1 is 1.32 bits per heavy atom. The van der Waals surface area contributed by atoms with Crippen molar-refractivity contribution in [2.75, 3.05) is 12.3 Å². The topological polar surface area (TPSA) is 90.1 Å². The largest absolute Gasteiger partial charge is 0.494 e. The van der Waals surface area contributed by atoms with Crippen molar-refractivity contribution < 1.29 is 9.53 Å². The monoisotopic (exact) mass is 378 g/mol. The van der Waals surface area contributed by atoms with Gasteiger partial charge in [-0.15, -0.1) is 0 Å². The molecule has 3 N–H and O–H groups in total. The first kappa shape index (κ1) is 17.5. The van der Waals surface area contributed by atoms with Crippen LogP contribution in [0.4, 0.5) is 5.82 Å². The highest BCUT2D eigenvalue weighted by atomic mass is 16.5. The molecule has 146 valence electrons. The van der Waals surface area contributed by atoms with E-state index in [-0.39, 0.29) is 5.91 Å². The van der Waals surface area contributed by atoms with E-state index in [1.807, 2.05) is 13.0 Å². The lowest BCUT2D eigenvalue weighted by molar-refractivity contribution is 0.0874. The number of benzene rings is 1. The summed E-state index contributed by atoms with van der Waals surface area (Å²) < 4.78 is 5.64. The number of nitrogens with zero attached hydrogens (tertiary/aromatic N) is 2. The van der Waals surface area contributed by atoms with Crippen molar-refractivity contribution in [1.29, 1.82) is 0 Å². The zero-order valence-corrected chi connectivity index (χ0v) is 16.3. The molecule has 28 heavy (non-hydrogen) atoms. The fourth-order valence-corrected chi connectivity index (χ4v) is 4.71. The van der Waals surface area contributed by atoms with E-state index in [1.165, 1.54) is 24.0 Å². The van der Waals surface area contributed by atoms with Crippen LogP contribution in [0.15, 0.2) is 18.2 Å². The van der Waals surface area contributed by atoms with Gasteiger partial charge in [-0.2, -0.15) is 0 Å². The number of carbonyl (C=O) groups is 1. The van der Waals surface area contributed by atoms with Gasteiger partial charge in [-0.1, -0.05) is 18.9 Å². The van der Waals surface area contributed by atoms with Gasteiger partial charge in [0.2, 0.25) is 0 Å². The van der Waals surface area contributed by atoms with Gasteiger partial charge in [0.1, 0.15) is 23.0 Å². The minimum absolute atomic E-state index is 0.158. The van der Waals surface area contributed by atoms with Gasteiger partial charge in [-0.05, 0) is 55.4 Å². The van der Waals surface area contributed by atoms with Crippen LogP contribution in [0.3, 0.4) is 0 Å². The van der Waals surface area contributed by atoms with Crippen LogP contribution in [0.2, 0.25) is 0 Å². The zero-order valence-electron chi connectivity index (χ0n) is 16.3. The SMILES string of the molecule is CCOc1ccc2c(c1)CC[C@]21Cc2nc(CCC3CC3)nc(N)c2C(=O)N1. The van der Waals surface area contributed by atoms with Crippen molar-refractivity contribution in [3.63, 3.8) is 0 Å². The van der Waals surface area contributed by atoms with Crippen LogP contribution in [-0.4, -0.2) is 22.5 Å². The molecular formula is C22H26N4O2. The molecule has 1 spiro atoms. The average Bonchev–Trinajstić information content (AvgIpc) is 3.43. The number of fused-ring (bicyclic) bond motifs is 3. The van der Waals surface area contributed by atoms with Gasteiger partial charge >= 0.3 is 0 Å². The number of nitrogens with two attached hydrogens (primary N) is 1. The average molecular weight is 378 g/mol. The third kappa shape index (κ3) is 2.91. The van der Waals surface area contributed by atoms with Crippen molar-refractivity contribution in [3.05, 3.63) is 46.4 Å². The zero-order chi connectivity index (χ0) is 19.3. The maximum atomic E-state index is 12.9. The Morgan fingerprint density at radius 2 is 2.18 bits per heavy atom. The van der Waals surface area contributed by atoms with E-state index in [0.29, 0.717) is 24.4 Å². The predicted molar refractivity (Wildman–Crippen MR) is 106 cm³/mol. The number of hydrogen-bond acceptors (Lipinski definition) is 5. The fraction of sp³-hybridized carbons (Fsp3) is 0.500. The van der Waals surface area contributed by atoms with Crippen LogP contribution in [0.5, 0.6) is 5.75 Å². The first-order chi connectivity index (χ1) is 13.6. The maximum absolute atomic E-state index is 12.9. The molecule has 6 heteroatoms. The molecule has 3 aliphatic rings. The van der Waals surface area contributed by atoms with Gasteiger partial charge in [0.15, 0.2) is 0 Å². The third-order valence-electron chi connectivity index (χ3n) is 6.30. The molecule has 2 aliphatic carbocycles. The van der Waals surface area contributed by atoms with Crippen molar-refractivity contribution in [2.45, 2.75) is 57.4 Å². The Morgan fingerprint density at radius 3 is 2.96 bits per heavy atom. The second kappa shape index (κ2) is 6.47. The number of anilines is 1. The van der Waals surface area contributed by atoms with Crippen LogP contribution >= 0.6 is 0 Å². The number of aromatic nitrogens is 2. The molecule has 0 saturated heterocycles. The summed E-state index contributed by atoms with van der Waals surface area (Å²) in [7, 11) is 0. The Kier molecular flexibility index (Phi) is 4.03. The van der Waals surface area contributed by atoms with E-state index < -0.39 is 5.54 Å². The normalized spacial score (nSPS) is 22.7. The molecule has 1 aromatic carbocycles. The standard InChI is InChI=1S/C22H26N4O2/c1-2-28-15-6-7-16-14(11-15)9-10-22(16)12-17-19(21(27)26-22)20(23)25-18(24-17)8-5-13-3-4-13/h6-7,11,13H,2-5,8-10,12H2,1H3,(H,26,27)(H2,23,24,25)/t22-/m0/s1. The highest BCUT2D eigenvalue weighted by Crippen LogP contribution is 2.43. The minimum atomic E-state index is -0.404. The summed E-state index contributed by atoms with van der Waals surface area (Å²) in [5.74, 6) is 2.63. The van der Waals surface area contributed by atoms with E-state index in [1.54, 1.807) is 0 Å². The molecule has 1 aliphatic heterocycles. The molecule has 0 radical (unpaired) electrons. The summed E-state index contributed by atoms with van der Waals surface area (Å²) in [5, 5.41) is 3.24. The highest BCUT2D eigenvalue weighted by Gasteiger charge is 2.45.